The van der Waals surface area contributed by atoms with Crippen LogP contribution < -0.4 is 0 Å². The maximum atomic E-state index is 12.7. The van der Waals surface area contributed by atoms with Crippen LogP contribution in [0.25, 0.3) is 0 Å². The van der Waals surface area contributed by atoms with Crippen molar-refractivity contribution in [2.45, 2.75) is 264 Å². The lowest BCUT2D eigenvalue weighted by atomic mass is 10.0. The van der Waals surface area contributed by atoms with E-state index in [0.717, 1.165) is 57.8 Å². The monoisotopic (exact) mass is 737 g/mol. The minimum Gasteiger partial charge on any atom is -0.462 e. The standard InChI is InChI=1S/C46H88O6/c1-4-7-10-13-16-19-22-25-28-31-34-37-40-46(49)52-43(41-50-44(47)38-35-32-29-26-23-20-17-14-11-8-5-2)42-51-45(48)39-36-33-30-27-24-21-18-15-12-9-6-3/h43H,4-42H2,1-3H3. The third kappa shape index (κ3) is 39.6. The highest BCUT2D eigenvalue weighted by Gasteiger charge is 2.19. The van der Waals surface area contributed by atoms with Gasteiger partial charge in [0.2, 0.25) is 0 Å². The van der Waals surface area contributed by atoms with E-state index in [0.29, 0.717) is 19.3 Å². The number of rotatable bonds is 42. The van der Waals surface area contributed by atoms with E-state index in [1.54, 1.807) is 0 Å². The number of ether oxygens (including phenoxy) is 3. The summed E-state index contributed by atoms with van der Waals surface area (Å²) in [5, 5.41) is 0. The van der Waals surface area contributed by atoms with E-state index in [-0.39, 0.29) is 31.1 Å². The minimum atomic E-state index is -0.757. The summed E-state index contributed by atoms with van der Waals surface area (Å²) in [5.41, 5.74) is 0. The predicted octanol–water partition coefficient (Wildman–Crippen LogP) is 14.5. The maximum absolute atomic E-state index is 12.7. The van der Waals surface area contributed by atoms with Crippen molar-refractivity contribution in [2.75, 3.05) is 13.2 Å². The van der Waals surface area contributed by atoms with Gasteiger partial charge >= 0.3 is 17.9 Å². The highest BCUT2D eigenvalue weighted by Crippen LogP contribution is 2.16. The number of carbonyl (C=O) groups excluding carboxylic acids is 3. The van der Waals surface area contributed by atoms with Crippen LogP contribution in [0.3, 0.4) is 0 Å². The zero-order valence-electron chi connectivity index (χ0n) is 35.1. The van der Waals surface area contributed by atoms with Crippen LogP contribution in [0.2, 0.25) is 0 Å². The Bertz CT molecular complexity index is 726. The summed E-state index contributed by atoms with van der Waals surface area (Å²) in [4.78, 5) is 37.7. The van der Waals surface area contributed by atoms with Crippen molar-refractivity contribution in [2.24, 2.45) is 0 Å². The molecule has 0 heterocycles. The molecule has 0 aliphatic rings. The largest absolute Gasteiger partial charge is 0.462 e. The molecule has 52 heavy (non-hydrogen) atoms. The lowest BCUT2D eigenvalue weighted by molar-refractivity contribution is -0.167. The van der Waals surface area contributed by atoms with Gasteiger partial charge < -0.3 is 14.2 Å². The maximum Gasteiger partial charge on any atom is 0.306 e. The Labute approximate surface area is 323 Å². The van der Waals surface area contributed by atoms with E-state index >= 15 is 0 Å². The average Bonchev–Trinajstić information content (AvgIpc) is 3.14. The number of carbonyl (C=O) groups is 3. The number of hydrogen-bond acceptors (Lipinski definition) is 6. The molecule has 0 spiro atoms. The van der Waals surface area contributed by atoms with Crippen LogP contribution >= 0.6 is 0 Å². The summed E-state index contributed by atoms with van der Waals surface area (Å²) < 4.78 is 16.7. The first-order valence-corrected chi connectivity index (χ1v) is 23.0. The summed E-state index contributed by atoms with van der Waals surface area (Å²) in [6.07, 6.45) is 42.2. The molecule has 0 amide bonds. The molecule has 0 N–H and O–H groups in total. The Kier molecular flexibility index (Phi) is 40.9. The van der Waals surface area contributed by atoms with E-state index in [1.807, 2.05) is 0 Å². The molecular formula is C46H88O6. The van der Waals surface area contributed by atoms with Gasteiger partial charge in [-0.15, -0.1) is 0 Å². The van der Waals surface area contributed by atoms with E-state index < -0.39 is 6.10 Å². The van der Waals surface area contributed by atoms with Crippen LogP contribution in [0.15, 0.2) is 0 Å². The van der Waals surface area contributed by atoms with Gasteiger partial charge in [-0.25, -0.2) is 0 Å². The SMILES string of the molecule is CCCCCCCCCCCCCCC(=O)OC(COC(=O)CCCCCCCCCCCCC)COC(=O)CCCCCCCCCCCCC. The molecule has 0 aliphatic carbocycles. The quantitative estimate of drug-likeness (QED) is 0.0353. The fraction of sp³-hybridized carbons (Fsp3) is 0.935. The molecule has 0 radical (unpaired) electrons. The minimum absolute atomic E-state index is 0.0627. The van der Waals surface area contributed by atoms with Crippen molar-refractivity contribution in [3.8, 4) is 0 Å². The van der Waals surface area contributed by atoms with Gasteiger partial charge in [-0.3, -0.25) is 14.4 Å². The van der Waals surface area contributed by atoms with Crippen molar-refractivity contribution >= 4 is 17.9 Å². The van der Waals surface area contributed by atoms with Crippen LogP contribution in [-0.4, -0.2) is 37.2 Å². The molecule has 0 unspecified atom stereocenters. The van der Waals surface area contributed by atoms with Gasteiger partial charge in [0.1, 0.15) is 13.2 Å². The van der Waals surface area contributed by atoms with Gasteiger partial charge in [-0.05, 0) is 19.3 Å². The topological polar surface area (TPSA) is 78.9 Å². The lowest BCUT2D eigenvalue weighted by Gasteiger charge is -2.18. The smallest absolute Gasteiger partial charge is 0.306 e. The molecular weight excluding hydrogens is 648 g/mol. The van der Waals surface area contributed by atoms with Gasteiger partial charge in [0.25, 0.3) is 0 Å². The first-order valence-electron chi connectivity index (χ1n) is 23.0. The summed E-state index contributed by atoms with van der Waals surface area (Å²) >= 11 is 0. The van der Waals surface area contributed by atoms with E-state index in [9.17, 15) is 14.4 Å². The second-order valence-electron chi connectivity index (χ2n) is 15.7. The van der Waals surface area contributed by atoms with E-state index in [1.165, 1.54) is 161 Å². The molecule has 0 rings (SSSR count). The van der Waals surface area contributed by atoms with Crippen molar-refractivity contribution in [3.05, 3.63) is 0 Å². The second-order valence-corrected chi connectivity index (χ2v) is 15.7. The number of unbranched alkanes of at least 4 members (excludes halogenated alkanes) is 31. The van der Waals surface area contributed by atoms with Crippen molar-refractivity contribution < 1.29 is 28.6 Å². The molecule has 0 bridgehead atoms. The summed E-state index contributed by atoms with van der Waals surface area (Å²) in [6.45, 7) is 6.64. The molecule has 0 aromatic heterocycles. The molecule has 6 nitrogen and oxygen atoms in total. The molecule has 0 saturated heterocycles. The molecule has 6 heteroatoms. The Morgan fingerprint density at radius 2 is 0.519 bits per heavy atom. The molecule has 0 aromatic carbocycles. The Morgan fingerprint density at radius 3 is 0.769 bits per heavy atom. The van der Waals surface area contributed by atoms with Crippen LogP contribution in [0.4, 0.5) is 0 Å². The Hall–Kier alpha value is -1.59. The van der Waals surface area contributed by atoms with Crippen molar-refractivity contribution in [1.29, 1.82) is 0 Å². The van der Waals surface area contributed by atoms with Crippen LogP contribution in [0, 0.1) is 0 Å². The van der Waals surface area contributed by atoms with Crippen molar-refractivity contribution in [3.63, 3.8) is 0 Å². The molecule has 0 fully saturated rings. The van der Waals surface area contributed by atoms with Gasteiger partial charge in [-0.2, -0.15) is 0 Å². The van der Waals surface area contributed by atoms with Crippen molar-refractivity contribution in [1.82, 2.24) is 0 Å². The molecule has 0 atom stereocenters. The highest BCUT2D eigenvalue weighted by atomic mass is 16.6. The normalized spacial score (nSPS) is 11.3. The van der Waals surface area contributed by atoms with E-state index in [2.05, 4.69) is 20.8 Å². The van der Waals surface area contributed by atoms with Crippen LogP contribution in [-0.2, 0) is 28.6 Å². The number of esters is 3. The summed E-state index contributed by atoms with van der Waals surface area (Å²) in [6, 6.07) is 0. The molecule has 0 saturated carbocycles. The second kappa shape index (κ2) is 42.2. The van der Waals surface area contributed by atoms with Gasteiger partial charge in [-0.1, -0.05) is 220 Å². The zero-order chi connectivity index (χ0) is 38.0. The fourth-order valence-electron chi connectivity index (χ4n) is 6.85. The molecule has 0 aliphatic heterocycles. The fourth-order valence-corrected chi connectivity index (χ4v) is 6.85. The highest BCUT2D eigenvalue weighted by molar-refractivity contribution is 5.71. The zero-order valence-corrected chi connectivity index (χ0v) is 35.1. The summed E-state index contributed by atoms with van der Waals surface area (Å²) in [5.74, 6) is -0.852. The van der Waals surface area contributed by atoms with Crippen LogP contribution in [0.1, 0.15) is 258 Å². The third-order valence-corrected chi connectivity index (χ3v) is 10.4. The van der Waals surface area contributed by atoms with Gasteiger partial charge in [0, 0.05) is 19.3 Å². The van der Waals surface area contributed by atoms with Gasteiger partial charge in [0.05, 0.1) is 0 Å². The Balaban J connectivity index is 4.32. The molecule has 308 valence electrons. The van der Waals surface area contributed by atoms with Crippen LogP contribution in [0.5, 0.6) is 0 Å². The van der Waals surface area contributed by atoms with Gasteiger partial charge in [0.15, 0.2) is 6.10 Å². The first-order chi connectivity index (χ1) is 25.5. The predicted molar refractivity (Wildman–Crippen MR) is 220 cm³/mol. The lowest BCUT2D eigenvalue weighted by Crippen LogP contribution is -2.30. The Morgan fingerprint density at radius 1 is 0.308 bits per heavy atom. The third-order valence-electron chi connectivity index (χ3n) is 10.4. The average molecular weight is 737 g/mol. The molecule has 0 aromatic rings. The summed E-state index contributed by atoms with van der Waals surface area (Å²) in [7, 11) is 0. The number of hydrogen-bond donors (Lipinski definition) is 0. The first kappa shape index (κ1) is 50.4. The van der Waals surface area contributed by atoms with E-state index in [4.69, 9.17) is 14.2 Å².